The summed E-state index contributed by atoms with van der Waals surface area (Å²) in [4.78, 5) is 13.6. The Morgan fingerprint density at radius 3 is 2.41 bits per heavy atom. The van der Waals surface area contributed by atoms with E-state index in [0.29, 0.717) is 29.5 Å². The summed E-state index contributed by atoms with van der Waals surface area (Å²) >= 11 is 7.40. The first-order valence-electron chi connectivity index (χ1n) is 9.90. The van der Waals surface area contributed by atoms with Crippen molar-refractivity contribution in [3.63, 3.8) is 0 Å². The van der Waals surface area contributed by atoms with Crippen molar-refractivity contribution in [1.29, 1.82) is 0 Å². The van der Waals surface area contributed by atoms with Gasteiger partial charge in [-0.3, -0.25) is 4.79 Å². The normalized spacial score (nSPS) is 31.1. The summed E-state index contributed by atoms with van der Waals surface area (Å²) in [6.45, 7) is 0.462. The van der Waals surface area contributed by atoms with E-state index in [1.54, 1.807) is 0 Å². The highest BCUT2D eigenvalue weighted by atomic mass is 35.5. The fourth-order valence-corrected chi connectivity index (χ4v) is 6.58. The van der Waals surface area contributed by atoms with E-state index in [4.69, 9.17) is 16.3 Å². The molecule has 1 aromatic carbocycles. The maximum Gasteiger partial charge on any atom is 0.261 e. The molecule has 4 aliphatic rings. The van der Waals surface area contributed by atoms with Crippen molar-refractivity contribution in [2.75, 3.05) is 0 Å². The molecule has 142 valence electrons. The summed E-state index contributed by atoms with van der Waals surface area (Å²) in [5, 5.41) is 6.10. The van der Waals surface area contributed by atoms with E-state index in [0.717, 1.165) is 28.0 Å². The van der Waals surface area contributed by atoms with Crippen molar-refractivity contribution < 1.29 is 9.53 Å². The first kappa shape index (κ1) is 17.6. The quantitative estimate of drug-likeness (QED) is 0.714. The van der Waals surface area contributed by atoms with Crippen LogP contribution in [0.3, 0.4) is 0 Å². The van der Waals surface area contributed by atoms with Gasteiger partial charge in [-0.05, 0) is 91.5 Å². The van der Waals surface area contributed by atoms with Crippen LogP contribution >= 0.6 is 22.9 Å². The third kappa shape index (κ3) is 3.62. The van der Waals surface area contributed by atoms with Crippen molar-refractivity contribution >= 4 is 28.8 Å². The van der Waals surface area contributed by atoms with E-state index >= 15 is 0 Å². The van der Waals surface area contributed by atoms with Gasteiger partial charge in [0.05, 0.1) is 4.88 Å². The van der Waals surface area contributed by atoms with Crippen LogP contribution in [0.4, 0.5) is 0 Å². The highest BCUT2D eigenvalue weighted by molar-refractivity contribution is 7.12. The van der Waals surface area contributed by atoms with Gasteiger partial charge in [0.25, 0.3) is 5.91 Å². The van der Waals surface area contributed by atoms with Gasteiger partial charge >= 0.3 is 0 Å². The average molecular weight is 402 g/mol. The molecule has 4 aliphatic carbocycles. The predicted molar refractivity (Wildman–Crippen MR) is 108 cm³/mol. The predicted octanol–water partition coefficient (Wildman–Crippen LogP) is 5.54. The van der Waals surface area contributed by atoms with E-state index < -0.39 is 0 Å². The van der Waals surface area contributed by atoms with Gasteiger partial charge in [-0.1, -0.05) is 11.6 Å². The molecule has 3 nitrogen and oxygen atoms in total. The number of rotatable bonds is 5. The fourth-order valence-electron chi connectivity index (χ4n) is 5.65. The van der Waals surface area contributed by atoms with E-state index in [9.17, 15) is 4.79 Å². The average Bonchev–Trinajstić information content (AvgIpc) is 3.13. The number of amides is 1. The number of nitrogens with one attached hydrogen (secondary N) is 1. The fraction of sp³-hybridized carbons (Fsp3) is 0.500. The van der Waals surface area contributed by atoms with Gasteiger partial charge in [0.2, 0.25) is 0 Å². The number of hydrogen-bond donors (Lipinski definition) is 1. The molecule has 4 bridgehead atoms. The van der Waals surface area contributed by atoms with Crippen LogP contribution in [0, 0.1) is 23.7 Å². The van der Waals surface area contributed by atoms with Gasteiger partial charge in [0.1, 0.15) is 12.4 Å². The van der Waals surface area contributed by atoms with Crippen molar-refractivity contribution in [2.24, 2.45) is 23.7 Å². The molecule has 1 amide bonds. The van der Waals surface area contributed by atoms with Gasteiger partial charge in [-0.15, -0.1) is 11.3 Å². The minimum absolute atomic E-state index is 0.0928. The summed E-state index contributed by atoms with van der Waals surface area (Å²) in [6, 6.07) is 9.69. The molecule has 6 rings (SSSR count). The molecule has 4 fully saturated rings. The molecule has 0 aliphatic heterocycles. The first-order valence-corrected chi connectivity index (χ1v) is 11.2. The van der Waals surface area contributed by atoms with Crippen LogP contribution in [-0.2, 0) is 6.61 Å². The van der Waals surface area contributed by atoms with E-state index in [-0.39, 0.29) is 5.91 Å². The van der Waals surface area contributed by atoms with Crippen LogP contribution in [0.1, 0.15) is 47.3 Å². The summed E-state index contributed by atoms with van der Waals surface area (Å²) in [5.41, 5.74) is 1.03. The lowest BCUT2D eigenvalue weighted by Gasteiger charge is -2.54. The lowest BCUT2D eigenvalue weighted by atomic mass is 9.54. The van der Waals surface area contributed by atoms with Crippen LogP contribution in [0.15, 0.2) is 35.7 Å². The zero-order valence-electron chi connectivity index (χ0n) is 15.2. The minimum atomic E-state index is 0.0928. The first-order chi connectivity index (χ1) is 13.1. The Hall–Kier alpha value is -1.52. The molecule has 0 radical (unpaired) electrons. The molecule has 1 aromatic heterocycles. The molecule has 1 heterocycles. The van der Waals surface area contributed by atoms with Crippen molar-refractivity contribution in [2.45, 2.75) is 44.8 Å². The van der Waals surface area contributed by atoms with Crippen LogP contribution in [0.25, 0.3) is 0 Å². The van der Waals surface area contributed by atoms with Crippen LogP contribution in [-0.4, -0.2) is 11.9 Å². The zero-order chi connectivity index (χ0) is 18.4. The van der Waals surface area contributed by atoms with Crippen LogP contribution in [0.2, 0.25) is 5.02 Å². The maximum absolute atomic E-state index is 12.8. The summed E-state index contributed by atoms with van der Waals surface area (Å²) < 4.78 is 5.78. The molecule has 0 saturated heterocycles. The number of halogens is 1. The van der Waals surface area contributed by atoms with Crippen molar-refractivity contribution in [3.05, 3.63) is 51.2 Å². The summed E-state index contributed by atoms with van der Waals surface area (Å²) in [7, 11) is 0. The van der Waals surface area contributed by atoms with Gasteiger partial charge < -0.3 is 10.1 Å². The van der Waals surface area contributed by atoms with E-state index in [1.165, 1.54) is 43.4 Å². The van der Waals surface area contributed by atoms with Crippen molar-refractivity contribution in [3.8, 4) is 5.75 Å². The van der Waals surface area contributed by atoms with Gasteiger partial charge in [-0.2, -0.15) is 0 Å². The Morgan fingerprint density at radius 1 is 1.07 bits per heavy atom. The number of hydrogen-bond acceptors (Lipinski definition) is 3. The third-order valence-electron chi connectivity index (χ3n) is 6.62. The molecule has 0 spiro atoms. The molecule has 2 aromatic rings. The summed E-state index contributed by atoms with van der Waals surface area (Å²) in [5.74, 6) is 4.15. The molecule has 1 N–H and O–H groups in total. The number of carbonyl (C=O) groups is 1. The zero-order valence-corrected chi connectivity index (χ0v) is 16.8. The second kappa shape index (κ2) is 7.14. The standard InChI is InChI=1S/C22H24ClNO2S/c23-18-1-3-19(4-2-18)26-11-15-10-20(27-12-15)22(25)24-21-16-6-13-5-14(8-16)9-17(21)7-13/h1-4,10,12-14,16-17,21H,5-9,11H2,(H,24,25). The molecule has 27 heavy (non-hydrogen) atoms. The van der Waals surface area contributed by atoms with Crippen molar-refractivity contribution in [1.82, 2.24) is 5.32 Å². The minimum Gasteiger partial charge on any atom is -0.489 e. The highest BCUT2D eigenvalue weighted by Gasteiger charge is 2.48. The molecule has 4 saturated carbocycles. The smallest absolute Gasteiger partial charge is 0.261 e. The van der Waals surface area contributed by atoms with E-state index in [2.05, 4.69) is 5.32 Å². The Labute approximate surface area is 169 Å². The number of carbonyl (C=O) groups excluding carboxylic acids is 1. The Morgan fingerprint density at radius 2 is 1.74 bits per heavy atom. The van der Waals surface area contributed by atoms with Gasteiger partial charge in [-0.25, -0.2) is 0 Å². The Balaban J connectivity index is 1.19. The van der Waals surface area contributed by atoms with Crippen LogP contribution < -0.4 is 10.1 Å². The molecule has 0 atom stereocenters. The SMILES string of the molecule is O=C(NC1C2CC3CC(C2)CC1C3)c1cc(COc2ccc(Cl)cc2)cs1. The number of thiophene rings is 1. The lowest BCUT2D eigenvalue weighted by molar-refractivity contribution is -0.0119. The maximum atomic E-state index is 12.8. The van der Waals surface area contributed by atoms with Crippen LogP contribution in [0.5, 0.6) is 5.75 Å². The largest absolute Gasteiger partial charge is 0.489 e. The second-order valence-electron chi connectivity index (χ2n) is 8.49. The Bertz CT molecular complexity index is 803. The van der Waals surface area contributed by atoms with E-state index in [1.807, 2.05) is 35.7 Å². The highest BCUT2D eigenvalue weighted by Crippen LogP contribution is 2.53. The number of benzene rings is 1. The number of ether oxygens (including phenoxy) is 1. The summed E-state index contributed by atoms with van der Waals surface area (Å²) in [6.07, 6.45) is 6.73. The van der Waals surface area contributed by atoms with Gasteiger partial charge in [0.15, 0.2) is 0 Å². The molecule has 5 heteroatoms. The molecular weight excluding hydrogens is 378 g/mol. The third-order valence-corrected chi connectivity index (χ3v) is 7.85. The molecule has 0 unspecified atom stereocenters. The second-order valence-corrected chi connectivity index (χ2v) is 9.84. The lowest BCUT2D eigenvalue weighted by Crippen LogP contribution is -2.55. The monoisotopic (exact) mass is 401 g/mol. The Kier molecular flexibility index (Phi) is 4.65. The topological polar surface area (TPSA) is 38.3 Å². The van der Waals surface area contributed by atoms with Gasteiger partial charge in [0, 0.05) is 16.6 Å². The molecular formula is C22H24ClNO2S.